The third-order valence-corrected chi connectivity index (χ3v) is 12.6. The number of nitrogens with one attached hydrogen (secondary N) is 11. The summed E-state index contributed by atoms with van der Waals surface area (Å²) >= 11 is 4.23. The van der Waals surface area contributed by atoms with E-state index in [4.69, 9.17) is 28.7 Å². The molecule has 0 rings (SSSR count). The van der Waals surface area contributed by atoms with Crippen molar-refractivity contribution in [1.29, 1.82) is 0 Å². The van der Waals surface area contributed by atoms with Gasteiger partial charge >= 0.3 is 5.97 Å². The molecule has 0 aromatic heterocycles. The molecule has 0 aromatic rings. The molecule has 0 bridgehead atoms. The number of aliphatic hydroxyl groups excluding tert-OH is 1. The first-order chi connectivity index (χ1) is 38.9. The zero-order chi connectivity index (χ0) is 64.8. The standard InChI is InChI=1S/C51H93N17O15S.Tc/c1-24(2)18-31(44(78)63-29(41(54)75)14-11-12-16-52)65-48(82)39(28(8)69)68-46(80)33(20-37(73)74)66-47(81)38(26(5)6)67-45(79)32(19-25(3)4)64-42(76)27(7)61-43(77)30(15-13-17-57-50(55)56)62-36(72)23-59-34(70)21-58-35(71)22-60-49(83)40(53)51(9,10)84;/h24-33,38-40,69,84H,11-23,52-53H2,1-10H3,(H2,54,75)(H,58,71)(H,59,70)(H,60,83)(H,61,77)(H,62,72)(H,63,78)(H,64,76)(H,65,82)(H,66,81)(H,67,79)(H,68,80)(H,73,74)(H4,55,56,57);/t27-,28+,29-,30-,31-,32-,33-,38-,39-,40+;/m0./s1/i;1+1. The molecule has 0 unspecified atom stereocenters. The van der Waals surface area contributed by atoms with E-state index in [1.807, 2.05) is 0 Å². The second-order valence-electron chi connectivity index (χ2n) is 21.9. The van der Waals surface area contributed by atoms with Crippen molar-refractivity contribution in [3.63, 3.8) is 0 Å². The van der Waals surface area contributed by atoms with Gasteiger partial charge in [0, 0.05) is 31.4 Å². The molecule has 12 amide bonds. The van der Waals surface area contributed by atoms with E-state index in [1.54, 1.807) is 41.5 Å². The van der Waals surface area contributed by atoms with Crippen molar-refractivity contribution in [2.24, 2.45) is 51.4 Å². The van der Waals surface area contributed by atoms with Crippen LogP contribution in [0.4, 0.5) is 0 Å². The quantitative estimate of drug-likeness (QED) is 0.0117. The summed E-state index contributed by atoms with van der Waals surface area (Å²) in [5.41, 5.74) is 27.7. The first kappa shape index (κ1) is 80.3. The molecule has 85 heavy (non-hydrogen) atoms. The predicted molar refractivity (Wildman–Crippen MR) is 311 cm³/mol. The number of nitrogens with zero attached hydrogens (tertiary/aromatic N) is 1. The SMILES string of the molecule is CC(C)C[C@H](NC(=O)[C@H](C)NC(=O)[C@H](CCCN=C(N)N)NC(=O)CNC(=O)CNC(=O)CNC(=O)[C@@H](N)C(C)(C)S)C(=O)N[C@H](C(=O)N[C@@H](CC(=O)O)C(=O)N[C@H](C(=O)N[C@@H](CC(C)C)C(=O)N[C@@H](CCCCN)C(N)=O)[C@@H](C)O)C(C)C.[99Tc]. The Balaban J connectivity index is 0. The molecule has 0 saturated carbocycles. The Hall–Kier alpha value is -6.74. The number of carboxylic acids is 1. The zero-order valence-corrected chi connectivity index (χ0v) is 52.8. The monoisotopic (exact) mass is 1310 g/mol. The van der Waals surface area contributed by atoms with Crippen LogP contribution >= 0.6 is 12.6 Å². The Kier molecular flexibility index (Phi) is 38.3. The number of guanidine groups is 1. The van der Waals surface area contributed by atoms with Crippen molar-refractivity contribution in [3.8, 4) is 0 Å². The number of aliphatic imine (C=N–C) groups is 1. The molecule has 1 radical (unpaired) electrons. The number of hydrogen-bond acceptors (Lipinski definition) is 18. The maximum atomic E-state index is 14.0. The van der Waals surface area contributed by atoms with Gasteiger partial charge in [-0.3, -0.25) is 67.3 Å². The average molecular weight is 1320 g/mol. The van der Waals surface area contributed by atoms with Gasteiger partial charge in [-0.15, -0.1) is 0 Å². The fourth-order valence-corrected chi connectivity index (χ4v) is 7.70. The molecule has 485 valence electrons. The topological polar surface area (TPSA) is 537 Å². The van der Waals surface area contributed by atoms with Crippen LogP contribution in [-0.4, -0.2) is 191 Å². The van der Waals surface area contributed by atoms with E-state index >= 15 is 0 Å². The number of hydrogen-bond donors (Lipinski definition) is 19. The summed E-state index contributed by atoms with van der Waals surface area (Å²) in [6, 6.07) is -12.7. The van der Waals surface area contributed by atoms with Gasteiger partial charge in [0.05, 0.1) is 38.2 Å². The number of amides is 12. The van der Waals surface area contributed by atoms with Gasteiger partial charge in [0.15, 0.2) is 5.96 Å². The van der Waals surface area contributed by atoms with E-state index in [0.717, 1.165) is 6.92 Å². The first-order valence-corrected chi connectivity index (χ1v) is 28.0. The largest absolute Gasteiger partial charge is 0.481 e. The third-order valence-electron chi connectivity index (χ3n) is 12.3. The number of nitrogens with two attached hydrogens (primary N) is 5. The smallest absolute Gasteiger partial charge is 0.305 e. The molecule has 32 nitrogen and oxygen atoms in total. The molecule has 0 aliphatic heterocycles. The van der Waals surface area contributed by atoms with Gasteiger partial charge in [-0.25, -0.2) is 0 Å². The normalized spacial score (nSPS) is 14.7. The van der Waals surface area contributed by atoms with E-state index in [2.05, 4.69) is 76.1 Å². The van der Waals surface area contributed by atoms with Crippen LogP contribution < -0.4 is 87.2 Å². The molecule has 23 N–H and O–H groups in total. The number of carboxylic acid groups (broad SMARTS) is 1. The number of carbonyl (C=O) groups excluding carboxylic acids is 12. The minimum absolute atomic E-state index is 0. The first-order valence-electron chi connectivity index (χ1n) is 27.6. The average Bonchev–Trinajstić information content (AvgIpc) is 3.52. The molecule has 0 fully saturated rings. The van der Waals surface area contributed by atoms with Gasteiger partial charge in [0.2, 0.25) is 70.9 Å². The van der Waals surface area contributed by atoms with Gasteiger partial charge in [-0.05, 0) is 96.9 Å². The number of unbranched alkanes of at least 4 members (excludes halogenated alkanes) is 1. The number of carbonyl (C=O) groups is 13. The summed E-state index contributed by atoms with van der Waals surface area (Å²) in [6.07, 6.45) is -1.45. The van der Waals surface area contributed by atoms with Crippen molar-refractivity contribution in [2.45, 2.75) is 186 Å². The van der Waals surface area contributed by atoms with Crippen LogP contribution in [-0.2, 0) is 82.4 Å². The van der Waals surface area contributed by atoms with Gasteiger partial charge in [-0.2, -0.15) is 12.6 Å². The molecule has 0 aliphatic carbocycles. The van der Waals surface area contributed by atoms with Crippen LogP contribution in [0.15, 0.2) is 4.99 Å². The van der Waals surface area contributed by atoms with E-state index in [9.17, 15) is 72.5 Å². The molecule has 0 aromatic carbocycles. The van der Waals surface area contributed by atoms with Crippen molar-refractivity contribution in [3.05, 3.63) is 0 Å². The molecule has 34 heteroatoms. The number of aliphatic carboxylic acids is 1. The van der Waals surface area contributed by atoms with E-state index < -0.39 is 174 Å². The Morgan fingerprint density at radius 2 is 0.953 bits per heavy atom. The van der Waals surface area contributed by atoms with E-state index in [1.165, 1.54) is 20.8 Å². The number of thiol groups is 1. The predicted octanol–water partition coefficient (Wildman–Crippen LogP) is -6.46. The summed E-state index contributed by atoms with van der Waals surface area (Å²) in [4.78, 5) is 174. The van der Waals surface area contributed by atoms with Crippen molar-refractivity contribution >= 4 is 95.4 Å². The summed E-state index contributed by atoms with van der Waals surface area (Å²) in [7, 11) is 0. The van der Waals surface area contributed by atoms with Crippen molar-refractivity contribution < 1.29 is 92.6 Å². The zero-order valence-electron chi connectivity index (χ0n) is 50.1. The summed E-state index contributed by atoms with van der Waals surface area (Å²) in [5, 5.41) is 46.8. The van der Waals surface area contributed by atoms with Gasteiger partial charge < -0.3 is 97.4 Å². The van der Waals surface area contributed by atoms with Gasteiger partial charge in [-0.1, -0.05) is 41.5 Å². The second-order valence-corrected chi connectivity index (χ2v) is 23.1. The molecule has 0 saturated heterocycles. The fourth-order valence-electron chi connectivity index (χ4n) is 7.59. The molecule has 10 atom stereocenters. The Bertz CT molecular complexity index is 2300. The van der Waals surface area contributed by atoms with Crippen LogP contribution in [0.5, 0.6) is 0 Å². The second kappa shape index (κ2) is 40.6. The minimum atomic E-state index is -1.92. The van der Waals surface area contributed by atoms with E-state index in [-0.39, 0.29) is 76.5 Å². The third kappa shape index (κ3) is 33.5. The number of aliphatic hydroxyl groups is 1. The van der Waals surface area contributed by atoms with Crippen LogP contribution in [0.25, 0.3) is 0 Å². The summed E-state index contributed by atoms with van der Waals surface area (Å²) in [6.45, 7) is 14.2. The molecule has 0 heterocycles. The fraction of sp³-hybridized carbons (Fsp3) is 0.725. The molecule has 0 spiro atoms. The van der Waals surface area contributed by atoms with Gasteiger partial charge in [0.1, 0.15) is 48.3 Å². The number of rotatable bonds is 40. The molecular formula is C51H93N17O15STc. The van der Waals surface area contributed by atoms with Crippen LogP contribution in [0.2, 0.25) is 0 Å². The van der Waals surface area contributed by atoms with Crippen LogP contribution in [0.3, 0.4) is 0 Å². The molecular weight excluding hydrogens is 1220 g/mol. The van der Waals surface area contributed by atoms with E-state index in [0.29, 0.717) is 19.4 Å². The number of primary amides is 1. The summed E-state index contributed by atoms with van der Waals surface area (Å²) < 4.78 is -0.882. The van der Waals surface area contributed by atoms with Crippen molar-refractivity contribution in [2.75, 3.05) is 32.7 Å². The van der Waals surface area contributed by atoms with Crippen LogP contribution in [0, 0.1) is 17.8 Å². The van der Waals surface area contributed by atoms with Gasteiger partial charge in [0.25, 0.3) is 0 Å². The van der Waals surface area contributed by atoms with Crippen LogP contribution in [0.1, 0.15) is 121 Å². The Morgan fingerprint density at radius 1 is 0.518 bits per heavy atom. The maximum Gasteiger partial charge on any atom is 0.305 e. The van der Waals surface area contributed by atoms with Crippen molar-refractivity contribution in [1.82, 2.24) is 58.5 Å². The summed E-state index contributed by atoms with van der Waals surface area (Å²) in [5.74, 6) is -13.7. The Morgan fingerprint density at radius 3 is 1.42 bits per heavy atom. The Labute approximate surface area is 514 Å². The minimum Gasteiger partial charge on any atom is -0.481 e. The maximum absolute atomic E-state index is 14.0. The molecule has 0 aliphatic rings.